The normalized spacial score (nSPS) is 17.9. The van der Waals surface area contributed by atoms with E-state index < -0.39 is 0 Å². The quantitative estimate of drug-likeness (QED) is 0.857. The molecule has 1 aliphatic carbocycles. The summed E-state index contributed by atoms with van der Waals surface area (Å²) in [5, 5.41) is 0. The van der Waals surface area contributed by atoms with E-state index in [2.05, 4.69) is 6.92 Å². The predicted octanol–water partition coefficient (Wildman–Crippen LogP) is 2.23. The number of ether oxygens (including phenoxy) is 3. The minimum absolute atomic E-state index is 0.00769. The summed E-state index contributed by atoms with van der Waals surface area (Å²) < 4.78 is 16.3. The molecule has 106 valence electrons. The number of benzene rings is 1. The molecule has 0 bridgehead atoms. The molecule has 2 rings (SSSR count). The van der Waals surface area contributed by atoms with Crippen LogP contribution in [0.3, 0.4) is 0 Å². The van der Waals surface area contributed by atoms with Gasteiger partial charge in [-0.2, -0.15) is 0 Å². The van der Waals surface area contributed by atoms with Gasteiger partial charge < -0.3 is 19.9 Å². The van der Waals surface area contributed by atoms with E-state index >= 15 is 0 Å². The van der Waals surface area contributed by atoms with Crippen molar-refractivity contribution in [3.63, 3.8) is 0 Å². The van der Waals surface area contributed by atoms with Crippen molar-refractivity contribution < 1.29 is 14.2 Å². The molecular weight excluding hydrogens is 242 g/mol. The highest BCUT2D eigenvalue weighted by molar-refractivity contribution is 5.57. The molecule has 0 aromatic heterocycles. The van der Waals surface area contributed by atoms with E-state index in [1.807, 2.05) is 12.1 Å². The molecule has 1 saturated carbocycles. The van der Waals surface area contributed by atoms with Crippen LogP contribution in [-0.2, 0) is 16.8 Å². The van der Waals surface area contributed by atoms with Crippen molar-refractivity contribution in [3.8, 4) is 11.5 Å². The molecule has 0 saturated heterocycles. The largest absolute Gasteiger partial charge is 0.493 e. The molecule has 2 N–H and O–H groups in total. The lowest BCUT2D eigenvalue weighted by atomic mass is 9.85. The maximum absolute atomic E-state index is 6.21. The van der Waals surface area contributed by atoms with Crippen LogP contribution in [0.2, 0.25) is 0 Å². The molecule has 1 fully saturated rings. The Morgan fingerprint density at radius 1 is 1.21 bits per heavy atom. The fourth-order valence-corrected chi connectivity index (χ4v) is 2.86. The van der Waals surface area contributed by atoms with Crippen LogP contribution >= 0.6 is 0 Å². The second-order valence-corrected chi connectivity index (χ2v) is 5.21. The third kappa shape index (κ3) is 2.30. The van der Waals surface area contributed by atoms with Crippen molar-refractivity contribution in [1.29, 1.82) is 0 Å². The summed E-state index contributed by atoms with van der Waals surface area (Å²) in [5.41, 5.74) is 8.51. The van der Waals surface area contributed by atoms with Gasteiger partial charge >= 0.3 is 0 Å². The minimum Gasteiger partial charge on any atom is -0.493 e. The van der Waals surface area contributed by atoms with Gasteiger partial charge in [-0.05, 0) is 31.4 Å². The van der Waals surface area contributed by atoms with Gasteiger partial charge in [0.25, 0.3) is 0 Å². The highest BCUT2D eigenvalue weighted by Crippen LogP contribution is 2.56. The second kappa shape index (κ2) is 5.39. The Morgan fingerprint density at radius 3 is 2.32 bits per heavy atom. The van der Waals surface area contributed by atoms with Crippen molar-refractivity contribution in [2.75, 3.05) is 21.3 Å². The van der Waals surface area contributed by atoms with Crippen molar-refractivity contribution in [2.24, 2.45) is 5.73 Å². The molecular formula is C15H23NO3. The molecule has 4 nitrogen and oxygen atoms in total. The second-order valence-electron chi connectivity index (χ2n) is 5.21. The monoisotopic (exact) mass is 265 g/mol. The summed E-state index contributed by atoms with van der Waals surface area (Å²) in [6, 6.07) is 4.06. The lowest BCUT2D eigenvalue weighted by Gasteiger charge is -2.26. The predicted molar refractivity (Wildman–Crippen MR) is 74.8 cm³/mol. The number of hydrogen-bond donors (Lipinski definition) is 1. The van der Waals surface area contributed by atoms with Gasteiger partial charge in [0.2, 0.25) is 0 Å². The Kier molecular flexibility index (Phi) is 4.02. The summed E-state index contributed by atoms with van der Waals surface area (Å²) in [6.07, 6.45) is 2.18. The fraction of sp³-hybridized carbons (Fsp3) is 0.600. The van der Waals surface area contributed by atoms with Crippen LogP contribution in [0.15, 0.2) is 12.1 Å². The lowest BCUT2D eigenvalue weighted by molar-refractivity contribution is 0.182. The van der Waals surface area contributed by atoms with Gasteiger partial charge in [-0.3, -0.25) is 0 Å². The zero-order valence-electron chi connectivity index (χ0n) is 12.2. The Hall–Kier alpha value is -1.26. The first-order valence-electron chi connectivity index (χ1n) is 6.59. The van der Waals surface area contributed by atoms with Gasteiger partial charge in [-0.1, -0.05) is 6.07 Å². The first-order chi connectivity index (χ1) is 9.10. The van der Waals surface area contributed by atoms with Crippen LogP contribution in [0.4, 0.5) is 0 Å². The average Bonchev–Trinajstić information content (AvgIpc) is 3.19. The zero-order chi connectivity index (χ0) is 14.0. The van der Waals surface area contributed by atoms with E-state index in [4.69, 9.17) is 19.9 Å². The summed E-state index contributed by atoms with van der Waals surface area (Å²) in [5.74, 6) is 1.55. The topological polar surface area (TPSA) is 53.7 Å². The summed E-state index contributed by atoms with van der Waals surface area (Å²) in [7, 11) is 5.03. The molecule has 1 atom stereocenters. The standard InChI is InChI=1S/C15H23NO3/c1-10(16)15(7-8-15)13-11(9-17-2)5-6-12(18-3)14(13)19-4/h5-6,10H,7-9,16H2,1-4H3. The van der Waals surface area contributed by atoms with Crippen LogP contribution in [0.25, 0.3) is 0 Å². The van der Waals surface area contributed by atoms with Crippen molar-refractivity contribution >= 4 is 0 Å². The molecule has 0 spiro atoms. The number of methoxy groups -OCH3 is 3. The molecule has 0 amide bonds. The molecule has 0 radical (unpaired) electrons. The van der Waals surface area contributed by atoms with Gasteiger partial charge in [0.1, 0.15) is 0 Å². The van der Waals surface area contributed by atoms with Gasteiger partial charge in [0.05, 0.1) is 20.8 Å². The van der Waals surface area contributed by atoms with Gasteiger partial charge in [-0.15, -0.1) is 0 Å². The molecule has 1 aromatic carbocycles. The molecule has 4 heteroatoms. The molecule has 1 unspecified atom stereocenters. The zero-order valence-corrected chi connectivity index (χ0v) is 12.2. The molecule has 1 aliphatic rings. The SMILES string of the molecule is COCc1ccc(OC)c(OC)c1C1(C(C)N)CC1. The molecule has 19 heavy (non-hydrogen) atoms. The third-order valence-corrected chi connectivity index (χ3v) is 4.09. The van der Waals surface area contributed by atoms with Gasteiger partial charge in [0, 0.05) is 24.1 Å². The Balaban J connectivity index is 2.59. The van der Waals surface area contributed by atoms with E-state index in [9.17, 15) is 0 Å². The van der Waals surface area contributed by atoms with E-state index in [0.717, 1.165) is 35.5 Å². The Bertz CT molecular complexity index is 453. The third-order valence-electron chi connectivity index (χ3n) is 4.09. The lowest BCUT2D eigenvalue weighted by Crippen LogP contribution is -2.33. The van der Waals surface area contributed by atoms with Crippen LogP contribution in [0.5, 0.6) is 11.5 Å². The molecule has 1 aromatic rings. The van der Waals surface area contributed by atoms with Gasteiger partial charge in [-0.25, -0.2) is 0 Å². The van der Waals surface area contributed by atoms with Crippen molar-refractivity contribution in [3.05, 3.63) is 23.3 Å². The van der Waals surface area contributed by atoms with E-state index in [0.29, 0.717) is 6.61 Å². The van der Waals surface area contributed by atoms with Crippen LogP contribution in [0.1, 0.15) is 30.9 Å². The molecule has 0 heterocycles. The smallest absolute Gasteiger partial charge is 0.164 e. The summed E-state index contributed by atoms with van der Waals surface area (Å²) in [4.78, 5) is 0. The van der Waals surface area contributed by atoms with Crippen molar-refractivity contribution in [1.82, 2.24) is 0 Å². The maximum Gasteiger partial charge on any atom is 0.164 e. The first-order valence-corrected chi connectivity index (χ1v) is 6.59. The van der Waals surface area contributed by atoms with E-state index in [1.165, 1.54) is 0 Å². The number of rotatable bonds is 6. The van der Waals surface area contributed by atoms with E-state index in [1.54, 1.807) is 21.3 Å². The molecule has 0 aliphatic heterocycles. The van der Waals surface area contributed by atoms with Crippen LogP contribution < -0.4 is 15.2 Å². The highest BCUT2D eigenvalue weighted by atomic mass is 16.5. The highest BCUT2D eigenvalue weighted by Gasteiger charge is 2.50. The Labute approximate surface area is 114 Å². The average molecular weight is 265 g/mol. The Morgan fingerprint density at radius 2 is 1.89 bits per heavy atom. The van der Waals surface area contributed by atoms with Crippen LogP contribution in [0, 0.1) is 0 Å². The minimum atomic E-state index is 0.00769. The maximum atomic E-state index is 6.21. The first kappa shape index (κ1) is 14.2. The van der Waals surface area contributed by atoms with Crippen LogP contribution in [-0.4, -0.2) is 27.4 Å². The van der Waals surface area contributed by atoms with Gasteiger partial charge in [0.15, 0.2) is 11.5 Å². The van der Waals surface area contributed by atoms with Crippen molar-refractivity contribution in [2.45, 2.75) is 37.8 Å². The van der Waals surface area contributed by atoms with E-state index in [-0.39, 0.29) is 11.5 Å². The fourth-order valence-electron chi connectivity index (χ4n) is 2.86. The number of hydrogen-bond acceptors (Lipinski definition) is 4. The summed E-state index contributed by atoms with van der Waals surface area (Å²) >= 11 is 0. The number of nitrogens with two attached hydrogens (primary N) is 1. The summed E-state index contributed by atoms with van der Waals surface area (Å²) in [6.45, 7) is 2.62.